The lowest BCUT2D eigenvalue weighted by molar-refractivity contribution is 0.215. The highest BCUT2D eigenvalue weighted by molar-refractivity contribution is 8.00. The summed E-state index contributed by atoms with van der Waals surface area (Å²) in [5, 5.41) is 3.29. The van der Waals surface area contributed by atoms with Crippen LogP contribution in [0.25, 0.3) is 0 Å². The number of para-hydroxylation sites is 1. The Kier molecular flexibility index (Phi) is 3.91. The van der Waals surface area contributed by atoms with Crippen LogP contribution in [0.1, 0.15) is 24.5 Å². The molecule has 1 amide bonds. The average molecular weight is 354 g/mol. The summed E-state index contributed by atoms with van der Waals surface area (Å²) in [6.45, 7) is 4.27. The van der Waals surface area contributed by atoms with Crippen molar-refractivity contribution in [1.29, 1.82) is 0 Å². The molecule has 2 aliphatic rings. The van der Waals surface area contributed by atoms with Gasteiger partial charge in [0, 0.05) is 23.8 Å². The highest BCUT2D eigenvalue weighted by Crippen LogP contribution is 2.55. The van der Waals surface area contributed by atoms with Crippen LogP contribution in [0.3, 0.4) is 0 Å². The Balaban J connectivity index is 1.55. The van der Waals surface area contributed by atoms with Gasteiger partial charge in [0.05, 0.1) is 5.37 Å². The van der Waals surface area contributed by atoms with Gasteiger partial charge in [-0.05, 0) is 54.5 Å². The van der Waals surface area contributed by atoms with Crippen molar-refractivity contribution >= 4 is 29.2 Å². The molecule has 2 atom stereocenters. The number of carbonyl (C=O) groups is 1. The van der Waals surface area contributed by atoms with E-state index in [0.29, 0.717) is 11.1 Å². The molecule has 0 bridgehead atoms. The minimum Gasteiger partial charge on any atom is -0.410 e. The summed E-state index contributed by atoms with van der Waals surface area (Å²) in [6, 6.07) is 13.6. The number of hydrogen-bond acceptors (Lipinski definition) is 4. The Labute approximate surface area is 152 Å². The molecular formula is C20H22N2O2S. The number of ether oxygens (including phenoxy) is 1. The number of amides is 1. The molecule has 2 aromatic rings. The second kappa shape index (κ2) is 5.99. The van der Waals surface area contributed by atoms with Gasteiger partial charge < -0.3 is 9.64 Å². The van der Waals surface area contributed by atoms with E-state index >= 15 is 0 Å². The Hall–Kier alpha value is -2.14. The summed E-state index contributed by atoms with van der Waals surface area (Å²) >= 11 is 2.01. The molecule has 4 rings (SSSR count). The zero-order valence-electron chi connectivity index (χ0n) is 14.7. The smallest absolute Gasteiger partial charge is 0.410 e. The fraction of sp³-hybridized carbons (Fsp3) is 0.350. The van der Waals surface area contributed by atoms with Crippen molar-refractivity contribution in [3.63, 3.8) is 0 Å². The lowest BCUT2D eigenvalue weighted by Crippen LogP contribution is -2.34. The highest BCUT2D eigenvalue weighted by atomic mass is 32.2. The standard InChI is InChI=1S/C20H22N2O2S/c1-13-6-4-5-7-16(13)21-19(23)24-14-8-9-17-15(12-14)20(2)10-11-25-18(20)22(17)3/h4-9,12,18H,10-11H2,1-3H3,(H,21,23). The van der Waals surface area contributed by atoms with Gasteiger partial charge in [0.15, 0.2) is 0 Å². The molecule has 0 spiro atoms. The summed E-state index contributed by atoms with van der Waals surface area (Å²) in [6.07, 6.45) is 0.696. The molecule has 5 heteroatoms. The third kappa shape index (κ3) is 2.67. The Morgan fingerprint density at radius 2 is 2.12 bits per heavy atom. The second-order valence-electron chi connectivity index (χ2n) is 7.01. The number of rotatable bonds is 2. The summed E-state index contributed by atoms with van der Waals surface area (Å²) in [7, 11) is 2.15. The summed E-state index contributed by atoms with van der Waals surface area (Å²) in [5.41, 5.74) is 4.43. The fourth-order valence-corrected chi connectivity index (χ4v) is 5.64. The van der Waals surface area contributed by atoms with E-state index in [2.05, 4.69) is 30.3 Å². The van der Waals surface area contributed by atoms with E-state index in [9.17, 15) is 4.79 Å². The van der Waals surface area contributed by atoms with Crippen LogP contribution in [0.5, 0.6) is 5.75 Å². The third-order valence-electron chi connectivity index (χ3n) is 5.35. The topological polar surface area (TPSA) is 41.6 Å². The quantitative estimate of drug-likeness (QED) is 0.843. The van der Waals surface area contributed by atoms with Gasteiger partial charge in [-0.2, -0.15) is 0 Å². The molecule has 130 valence electrons. The monoisotopic (exact) mass is 354 g/mol. The second-order valence-corrected chi connectivity index (χ2v) is 8.20. The van der Waals surface area contributed by atoms with Crippen LogP contribution in [0.15, 0.2) is 42.5 Å². The van der Waals surface area contributed by atoms with Gasteiger partial charge in [-0.15, -0.1) is 11.8 Å². The lowest BCUT2D eigenvalue weighted by atomic mass is 9.82. The number of nitrogens with one attached hydrogen (secondary N) is 1. The number of nitrogens with zero attached hydrogens (tertiary/aromatic N) is 1. The van der Waals surface area contributed by atoms with Gasteiger partial charge in [0.2, 0.25) is 0 Å². The van der Waals surface area contributed by atoms with E-state index in [1.54, 1.807) is 0 Å². The predicted molar refractivity (Wildman–Crippen MR) is 104 cm³/mol. The van der Waals surface area contributed by atoms with Crippen LogP contribution in [-0.4, -0.2) is 24.3 Å². The molecule has 0 radical (unpaired) electrons. The van der Waals surface area contributed by atoms with Crippen LogP contribution in [0.4, 0.5) is 16.2 Å². The van der Waals surface area contributed by atoms with Crippen molar-refractivity contribution in [2.45, 2.75) is 31.1 Å². The van der Waals surface area contributed by atoms with Gasteiger partial charge >= 0.3 is 6.09 Å². The van der Waals surface area contributed by atoms with E-state index in [1.165, 1.54) is 17.0 Å². The highest BCUT2D eigenvalue weighted by Gasteiger charge is 2.50. The average Bonchev–Trinajstić information content (AvgIpc) is 3.07. The number of benzene rings is 2. The molecule has 2 aromatic carbocycles. The number of anilines is 2. The maximum Gasteiger partial charge on any atom is 0.417 e. The van der Waals surface area contributed by atoms with Crippen molar-refractivity contribution in [2.24, 2.45) is 0 Å². The van der Waals surface area contributed by atoms with Gasteiger partial charge in [-0.1, -0.05) is 25.1 Å². The molecular weight excluding hydrogens is 332 g/mol. The van der Waals surface area contributed by atoms with Crippen LogP contribution in [0.2, 0.25) is 0 Å². The Morgan fingerprint density at radius 1 is 1.32 bits per heavy atom. The molecule has 0 aliphatic carbocycles. The van der Waals surface area contributed by atoms with Crippen molar-refractivity contribution < 1.29 is 9.53 Å². The molecule has 1 saturated heterocycles. The fourth-order valence-electron chi connectivity index (χ4n) is 3.92. The molecule has 2 unspecified atom stereocenters. The van der Waals surface area contributed by atoms with E-state index < -0.39 is 6.09 Å². The molecule has 1 fully saturated rings. The first kappa shape index (κ1) is 16.3. The molecule has 25 heavy (non-hydrogen) atoms. The van der Waals surface area contributed by atoms with Crippen LogP contribution in [-0.2, 0) is 5.41 Å². The number of likely N-dealkylation sites (N-methyl/N-ethyl adjacent to an activating group) is 1. The van der Waals surface area contributed by atoms with Crippen molar-refractivity contribution in [3.8, 4) is 5.75 Å². The van der Waals surface area contributed by atoms with Crippen LogP contribution in [0, 0.1) is 6.92 Å². The zero-order chi connectivity index (χ0) is 17.6. The Bertz CT molecular complexity index is 838. The van der Waals surface area contributed by atoms with Crippen molar-refractivity contribution in [1.82, 2.24) is 0 Å². The normalized spacial score (nSPS) is 24.0. The predicted octanol–water partition coefficient (Wildman–Crippen LogP) is 4.78. The van der Waals surface area contributed by atoms with Crippen LogP contribution >= 0.6 is 11.8 Å². The van der Waals surface area contributed by atoms with E-state index in [-0.39, 0.29) is 5.41 Å². The van der Waals surface area contributed by atoms with Gasteiger partial charge in [0.25, 0.3) is 0 Å². The molecule has 2 heterocycles. The van der Waals surface area contributed by atoms with E-state index in [4.69, 9.17) is 4.74 Å². The minimum absolute atomic E-state index is 0.126. The largest absolute Gasteiger partial charge is 0.417 e. The van der Waals surface area contributed by atoms with Crippen molar-refractivity contribution in [2.75, 3.05) is 23.0 Å². The van der Waals surface area contributed by atoms with Crippen molar-refractivity contribution in [3.05, 3.63) is 53.6 Å². The zero-order valence-corrected chi connectivity index (χ0v) is 15.5. The summed E-state index contributed by atoms with van der Waals surface area (Å²) in [5.74, 6) is 1.76. The summed E-state index contributed by atoms with van der Waals surface area (Å²) < 4.78 is 5.55. The third-order valence-corrected chi connectivity index (χ3v) is 6.94. The number of thioether (sulfide) groups is 1. The number of fused-ring (bicyclic) bond motifs is 3. The molecule has 4 nitrogen and oxygen atoms in total. The lowest BCUT2D eigenvalue weighted by Gasteiger charge is -2.27. The van der Waals surface area contributed by atoms with Gasteiger partial charge in [0.1, 0.15) is 5.75 Å². The SMILES string of the molecule is Cc1ccccc1NC(=O)Oc1ccc2c(c1)C1(C)CCSC1N2C. The van der Waals surface area contributed by atoms with E-state index in [1.807, 2.05) is 55.1 Å². The molecule has 2 aliphatic heterocycles. The maximum absolute atomic E-state index is 12.3. The van der Waals surface area contributed by atoms with E-state index in [0.717, 1.165) is 17.7 Å². The van der Waals surface area contributed by atoms with Gasteiger partial charge in [-0.3, -0.25) is 5.32 Å². The molecule has 0 saturated carbocycles. The number of carbonyl (C=O) groups excluding carboxylic acids is 1. The first-order chi connectivity index (χ1) is 12.0. The first-order valence-electron chi connectivity index (χ1n) is 8.52. The number of hydrogen-bond donors (Lipinski definition) is 1. The minimum atomic E-state index is -0.455. The van der Waals surface area contributed by atoms with Gasteiger partial charge in [-0.25, -0.2) is 4.79 Å². The molecule has 0 aromatic heterocycles. The first-order valence-corrected chi connectivity index (χ1v) is 9.57. The van der Waals surface area contributed by atoms with Crippen LogP contribution < -0.4 is 15.0 Å². The summed E-state index contributed by atoms with van der Waals surface area (Å²) in [4.78, 5) is 14.6. The molecule has 1 N–H and O–H groups in total. The maximum atomic E-state index is 12.3. The number of aryl methyl sites for hydroxylation is 1. The Morgan fingerprint density at radius 3 is 2.92 bits per heavy atom.